The van der Waals surface area contributed by atoms with Crippen molar-refractivity contribution in [2.24, 2.45) is 0 Å². The molecule has 1 aromatic rings. The Bertz CT molecular complexity index is 436. The molecule has 0 atom stereocenters. The Kier molecular flexibility index (Phi) is 6.21. The van der Waals surface area contributed by atoms with E-state index in [1.807, 2.05) is 24.3 Å². The highest BCUT2D eigenvalue weighted by molar-refractivity contribution is 5.94. The lowest BCUT2D eigenvalue weighted by Crippen LogP contribution is -2.45. The van der Waals surface area contributed by atoms with Gasteiger partial charge in [-0.3, -0.25) is 4.79 Å². The fourth-order valence-electron chi connectivity index (χ4n) is 2.57. The van der Waals surface area contributed by atoms with Gasteiger partial charge in [0.15, 0.2) is 0 Å². The molecule has 116 valence electrons. The maximum atomic E-state index is 12.0. The molecule has 1 fully saturated rings. The largest absolute Gasteiger partial charge is 0.352 e. The van der Waals surface area contributed by atoms with Crippen molar-refractivity contribution in [3.05, 3.63) is 35.4 Å². The number of hydrogen-bond acceptors (Lipinski definition) is 3. The number of hydrogen-bond donors (Lipinski definition) is 1. The molecule has 1 N–H and O–H groups in total. The van der Waals surface area contributed by atoms with Crippen LogP contribution in [0.2, 0.25) is 0 Å². The Morgan fingerprint density at radius 3 is 2.43 bits per heavy atom. The lowest BCUT2D eigenvalue weighted by Gasteiger charge is -2.32. The Balaban J connectivity index is 1.64. The fourth-order valence-corrected chi connectivity index (χ4v) is 2.57. The number of benzene rings is 1. The second kappa shape index (κ2) is 8.15. The third-order valence-corrected chi connectivity index (χ3v) is 4.16. The highest BCUT2D eigenvalue weighted by atomic mass is 16.1. The van der Waals surface area contributed by atoms with Crippen molar-refractivity contribution in [3.8, 4) is 0 Å². The van der Waals surface area contributed by atoms with E-state index in [0.717, 1.165) is 57.7 Å². The van der Waals surface area contributed by atoms with E-state index in [1.165, 1.54) is 5.56 Å². The molecule has 1 aliphatic heterocycles. The van der Waals surface area contributed by atoms with Crippen LogP contribution in [0.25, 0.3) is 0 Å². The highest BCUT2D eigenvalue weighted by Gasteiger charge is 2.13. The summed E-state index contributed by atoms with van der Waals surface area (Å²) >= 11 is 0. The van der Waals surface area contributed by atoms with Crippen LogP contribution in [0.4, 0.5) is 0 Å². The number of carbonyl (C=O) groups is 1. The normalized spacial score (nSPS) is 16.9. The van der Waals surface area contributed by atoms with Gasteiger partial charge in [0, 0.05) is 38.3 Å². The van der Waals surface area contributed by atoms with Crippen LogP contribution in [0.3, 0.4) is 0 Å². The molecule has 1 heterocycles. The Morgan fingerprint density at radius 1 is 1.14 bits per heavy atom. The van der Waals surface area contributed by atoms with Gasteiger partial charge in [-0.05, 0) is 44.1 Å². The van der Waals surface area contributed by atoms with E-state index in [1.54, 1.807) is 0 Å². The Labute approximate surface area is 128 Å². The molecule has 1 aliphatic rings. The Morgan fingerprint density at radius 2 is 1.81 bits per heavy atom. The van der Waals surface area contributed by atoms with E-state index in [4.69, 9.17) is 0 Å². The summed E-state index contributed by atoms with van der Waals surface area (Å²) < 4.78 is 0. The van der Waals surface area contributed by atoms with E-state index in [2.05, 4.69) is 29.1 Å². The van der Waals surface area contributed by atoms with Gasteiger partial charge in [-0.2, -0.15) is 0 Å². The van der Waals surface area contributed by atoms with Gasteiger partial charge in [0.25, 0.3) is 5.91 Å². The van der Waals surface area contributed by atoms with Crippen molar-refractivity contribution in [1.29, 1.82) is 0 Å². The van der Waals surface area contributed by atoms with Crippen LogP contribution in [0.5, 0.6) is 0 Å². The first kappa shape index (κ1) is 16.0. The van der Waals surface area contributed by atoms with Crippen LogP contribution >= 0.6 is 0 Å². The Hall–Kier alpha value is -1.39. The lowest BCUT2D eigenvalue weighted by molar-refractivity contribution is 0.0949. The monoisotopic (exact) mass is 289 g/mol. The van der Waals surface area contributed by atoms with Gasteiger partial charge in [-0.25, -0.2) is 0 Å². The number of amides is 1. The first-order chi connectivity index (χ1) is 10.2. The smallest absolute Gasteiger partial charge is 0.251 e. The standard InChI is InChI=1S/C17H27N3O/c1-3-15-5-7-16(8-6-15)17(21)18-9-4-10-20-13-11-19(2)12-14-20/h5-8H,3-4,9-14H2,1-2H3,(H,18,21). The average Bonchev–Trinajstić information content (AvgIpc) is 2.53. The van der Waals surface area contributed by atoms with Crippen molar-refractivity contribution in [1.82, 2.24) is 15.1 Å². The van der Waals surface area contributed by atoms with Gasteiger partial charge in [0.2, 0.25) is 0 Å². The van der Waals surface area contributed by atoms with Crippen LogP contribution in [0.15, 0.2) is 24.3 Å². The molecule has 0 unspecified atom stereocenters. The first-order valence-electron chi connectivity index (χ1n) is 7.97. The summed E-state index contributed by atoms with van der Waals surface area (Å²) in [7, 11) is 2.17. The molecule has 0 radical (unpaired) electrons. The minimum Gasteiger partial charge on any atom is -0.352 e. The topological polar surface area (TPSA) is 35.6 Å². The molecule has 1 amide bonds. The zero-order valence-corrected chi connectivity index (χ0v) is 13.3. The third-order valence-electron chi connectivity index (χ3n) is 4.16. The van der Waals surface area contributed by atoms with Crippen molar-refractivity contribution in [2.75, 3.05) is 46.3 Å². The van der Waals surface area contributed by atoms with Gasteiger partial charge in [-0.15, -0.1) is 0 Å². The molecule has 4 nitrogen and oxygen atoms in total. The fraction of sp³-hybridized carbons (Fsp3) is 0.588. The van der Waals surface area contributed by atoms with Gasteiger partial charge in [0.05, 0.1) is 0 Å². The van der Waals surface area contributed by atoms with Crippen molar-refractivity contribution in [2.45, 2.75) is 19.8 Å². The van der Waals surface area contributed by atoms with Gasteiger partial charge < -0.3 is 15.1 Å². The molecule has 1 saturated heterocycles. The summed E-state index contributed by atoms with van der Waals surface area (Å²) in [6.07, 6.45) is 2.02. The lowest BCUT2D eigenvalue weighted by atomic mass is 10.1. The molecule has 1 aromatic carbocycles. The SMILES string of the molecule is CCc1ccc(C(=O)NCCCN2CCN(C)CC2)cc1. The molecule has 0 bridgehead atoms. The number of nitrogens with one attached hydrogen (secondary N) is 1. The van der Waals surface area contributed by atoms with Crippen LogP contribution in [0.1, 0.15) is 29.3 Å². The summed E-state index contributed by atoms with van der Waals surface area (Å²) in [4.78, 5) is 16.8. The molecule has 0 spiro atoms. The van der Waals surface area contributed by atoms with E-state index in [9.17, 15) is 4.79 Å². The molecule has 2 rings (SSSR count). The van der Waals surface area contributed by atoms with E-state index in [-0.39, 0.29) is 5.91 Å². The van der Waals surface area contributed by atoms with Crippen LogP contribution in [0, 0.1) is 0 Å². The second-order valence-electron chi connectivity index (χ2n) is 5.80. The number of carbonyl (C=O) groups excluding carboxylic acids is 1. The summed E-state index contributed by atoms with van der Waals surface area (Å²) in [6.45, 7) is 8.52. The summed E-state index contributed by atoms with van der Waals surface area (Å²) in [5.74, 6) is 0.0380. The van der Waals surface area contributed by atoms with Crippen LogP contribution in [-0.2, 0) is 6.42 Å². The number of nitrogens with zero attached hydrogens (tertiary/aromatic N) is 2. The number of aryl methyl sites for hydroxylation is 1. The number of piperazine rings is 1. The molecule has 0 saturated carbocycles. The highest BCUT2D eigenvalue weighted by Crippen LogP contribution is 2.05. The average molecular weight is 289 g/mol. The molecule has 4 heteroatoms. The zero-order chi connectivity index (χ0) is 15.1. The minimum atomic E-state index is 0.0380. The molecular formula is C17H27N3O. The summed E-state index contributed by atoms with van der Waals surface area (Å²) in [5, 5.41) is 3.01. The molecule has 21 heavy (non-hydrogen) atoms. The van der Waals surface area contributed by atoms with Crippen LogP contribution in [-0.4, -0.2) is 62.0 Å². The van der Waals surface area contributed by atoms with Gasteiger partial charge in [-0.1, -0.05) is 19.1 Å². The minimum absolute atomic E-state index is 0.0380. The van der Waals surface area contributed by atoms with E-state index >= 15 is 0 Å². The maximum absolute atomic E-state index is 12.0. The second-order valence-corrected chi connectivity index (χ2v) is 5.80. The molecular weight excluding hydrogens is 262 g/mol. The summed E-state index contributed by atoms with van der Waals surface area (Å²) in [6, 6.07) is 7.88. The van der Waals surface area contributed by atoms with E-state index in [0.29, 0.717) is 0 Å². The quantitative estimate of drug-likeness (QED) is 0.808. The van der Waals surface area contributed by atoms with Crippen molar-refractivity contribution < 1.29 is 4.79 Å². The van der Waals surface area contributed by atoms with Gasteiger partial charge >= 0.3 is 0 Å². The van der Waals surface area contributed by atoms with Crippen LogP contribution < -0.4 is 5.32 Å². The predicted octanol–water partition coefficient (Wildman–Crippen LogP) is 1.62. The maximum Gasteiger partial charge on any atom is 0.251 e. The molecule has 0 aliphatic carbocycles. The number of rotatable bonds is 6. The predicted molar refractivity (Wildman–Crippen MR) is 86.7 cm³/mol. The van der Waals surface area contributed by atoms with E-state index < -0.39 is 0 Å². The zero-order valence-electron chi connectivity index (χ0n) is 13.3. The third kappa shape index (κ3) is 5.14. The van der Waals surface area contributed by atoms with Crippen molar-refractivity contribution in [3.63, 3.8) is 0 Å². The summed E-state index contributed by atoms with van der Waals surface area (Å²) in [5.41, 5.74) is 2.02. The first-order valence-corrected chi connectivity index (χ1v) is 7.97. The van der Waals surface area contributed by atoms with Gasteiger partial charge in [0.1, 0.15) is 0 Å². The number of likely N-dealkylation sites (N-methyl/N-ethyl adjacent to an activating group) is 1. The van der Waals surface area contributed by atoms with Crippen molar-refractivity contribution >= 4 is 5.91 Å². The molecule has 0 aromatic heterocycles.